The molecule has 0 aromatic heterocycles. The lowest BCUT2D eigenvalue weighted by Crippen LogP contribution is -2.07. The van der Waals surface area contributed by atoms with Crippen LogP contribution in [-0.4, -0.2) is 0 Å². The first-order valence-electron chi connectivity index (χ1n) is 3.32. The van der Waals surface area contributed by atoms with Gasteiger partial charge in [-0.2, -0.15) is 0 Å². The van der Waals surface area contributed by atoms with Crippen LogP contribution in [0.15, 0.2) is 18.2 Å². The highest BCUT2D eigenvalue weighted by Crippen LogP contribution is 2.17. The summed E-state index contributed by atoms with van der Waals surface area (Å²) >= 11 is 2.13. The lowest BCUT2D eigenvalue weighted by molar-refractivity contribution is 0.593. The van der Waals surface area contributed by atoms with Crippen LogP contribution in [0.4, 0.5) is 4.39 Å². The van der Waals surface area contributed by atoms with Crippen molar-refractivity contribution >= 4 is 35.0 Å². The molecule has 1 nitrogen and oxygen atoms in total. The molecule has 2 N–H and O–H groups in total. The van der Waals surface area contributed by atoms with Crippen LogP contribution >= 0.6 is 35.0 Å². The van der Waals surface area contributed by atoms with Gasteiger partial charge in [0.15, 0.2) is 0 Å². The zero-order chi connectivity index (χ0) is 8.43. The number of rotatable bonds is 1. The van der Waals surface area contributed by atoms with E-state index < -0.39 is 0 Å². The van der Waals surface area contributed by atoms with Gasteiger partial charge in [-0.1, -0.05) is 0 Å². The second-order valence-corrected chi connectivity index (χ2v) is 3.70. The van der Waals surface area contributed by atoms with E-state index in [1.54, 1.807) is 19.1 Å². The fourth-order valence-corrected chi connectivity index (χ4v) is 1.38. The quantitative estimate of drug-likeness (QED) is 0.793. The second-order valence-electron chi connectivity index (χ2n) is 2.45. The molecule has 1 aromatic carbocycles. The molecule has 0 aliphatic carbocycles. The van der Waals surface area contributed by atoms with Crippen molar-refractivity contribution in [3.63, 3.8) is 0 Å². The first-order valence-corrected chi connectivity index (χ1v) is 4.39. The number of hydrogen-bond donors (Lipinski definition) is 1. The maximum Gasteiger partial charge on any atom is 0.128 e. The highest BCUT2D eigenvalue weighted by atomic mass is 127. The summed E-state index contributed by atoms with van der Waals surface area (Å²) in [6, 6.07) is 4.70. The van der Waals surface area contributed by atoms with Crippen LogP contribution < -0.4 is 5.73 Å². The molecular formula is C8H10ClFIN. The molecule has 0 heterocycles. The summed E-state index contributed by atoms with van der Waals surface area (Å²) in [4.78, 5) is 0. The van der Waals surface area contributed by atoms with E-state index in [0.29, 0.717) is 5.56 Å². The maximum atomic E-state index is 12.9. The molecule has 0 bridgehead atoms. The summed E-state index contributed by atoms with van der Waals surface area (Å²) in [6.07, 6.45) is 0. The van der Waals surface area contributed by atoms with Gasteiger partial charge in [-0.3, -0.25) is 0 Å². The molecule has 0 aliphatic rings. The summed E-state index contributed by atoms with van der Waals surface area (Å²) in [6.45, 7) is 1.77. The van der Waals surface area contributed by atoms with Crippen LogP contribution in [-0.2, 0) is 0 Å². The minimum atomic E-state index is -0.232. The molecule has 0 saturated heterocycles. The topological polar surface area (TPSA) is 26.0 Å². The van der Waals surface area contributed by atoms with Crippen LogP contribution in [0.5, 0.6) is 0 Å². The van der Waals surface area contributed by atoms with Gasteiger partial charge in [0.2, 0.25) is 0 Å². The van der Waals surface area contributed by atoms with E-state index in [2.05, 4.69) is 22.6 Å². The predicted octanol–water partition coefficient (Wildman–Crippen LogP) is 2.87. The Morgan fingerprint density at radius 2 is 2.08 bits per heavy atom. The highest BCUT2D eigenvalue weighted by Gasteiger charge is 2.05. The fraction of sp³-hybridized carbons (Fsp3) is 0.250. The third kappa shape index (κ3) is 2.88. The Labute approximate surface area is 91.1 Å². The number of benzene rings is 1. The monoisotopic (exact) mass is 301 g/mol. The highest BCUT2D eigenvalue weighted by molar-refractivity contribution is 14.1. The summed E-state index contributed by atoms with van der Waals surface area (Å²) in [5.41, 5.74) is 6.12. The minimum absolute atomic E-state index is 0. The van der Waals surface area contributed by atoms with Crippen molar-refractivity contribution in [2.45, 2.75) is 13.0 Å². The molecule has 12 heavy (non-hydrogen) atoms. The van der Waals surface area contributed by atoms with Gasteiger partial charge in [-0.05, 0) is 47.7 Å². The van der Waals surface area contributed by atoms with E-state index in [0.717, 1.165) is 3.57 Å². The van der Waals surface area contributed by atoms with Crippen LogP contribution in [0, 0.1) is 9.39 Å². The van der Waals surface area contributed by atoms with Gasteiger partial charge in [0.25, 0.3) is 0 Å². The molecule has 0 saturated carbocycles. The normalized spacial score (nSPS) is 12.0. The number of nitrogens with two attached hydrogens (primary N) is 1. The largest absolute Gasteiger partial charge is 0.324 e. The molecule has 0 amide bonds. The Hall–Kier alpha value is 0.130. The molecule has 0 aliphatic heterocycles. The second kappa shape index (κ2) is 4.99. The van der Waals surface area contributed by atoms with Gasteiger partial charge in [-0.25, -0.2) is 4.39 Å². The van der Waals surface area contributed by atoms with E-state index in [1.807, 2.05) is 0 Å². The standard InChI is InChI=1S/C8H9FIN.ClH/c1-5(11)7-4-6(10)2-3-8(7)9;/h2-5H,11H2,1H3;1H/t5-;/m1./s1. The van der Waals surface area contributed by atoms with Crippen molar-refractivity contribution in [3.05, 3.63) is 33.1 Å². The van der Waals surface area contributed by atoms with Gasteiger partial charge in [-0.15, -0.1) is 12.4 Å². The smallest absolute Gasteiger partial charge is 0.128 e. The van der Waals surface area contributed by atoms with Crippen LogP contribution in [0.1, 0.15) is 18.5 Å². The third-order valence-corrected chi connectivity index (χ3v) is 2.12. The first-order chi connectivity index (χ1) is 5.11. The minimum Gasteiger partial charge on any atom is -0.324 e. The molecule has 0 fully saturated rings. The molecule has 68 valence electrons. The molecular weight excluding hydrogens is 291 g/mol. The molecule has 4 heteroatoms. The Kier molecular flexibility index (Phi) is 5.04. The van der Waals surface area contributed by atoms with Crippen molar-refractivity contribution in [2.75, 3.05) is 0 Å². The van der Waals surface area contributed by atoms with Crippen molar-refractivity contribution in [1.82, 2.24) is 0 Å². The summed E-state index contributed by atoms with van der Waals surface area (Å²) < 4.78 is 13.9. The lowest BCUT2D eigenvalue weighted by atomic mass is 10.1. The summed E-state index contributed by atoms with van der Waals surface area (Å²) in [5, 5.41) is 0. The van der Waals surface area contributed by atoms with E-state index in [1.165, 1.54) is 6.07 Å². The van der Waals surface area contributed by atoms with Crippen LogP contribution in [0.2, 0.25) is 0 Å². The van der Waals surface area contributed by atoms with Gasteiger partial charge in [0.05, 0.1) is 0 Å². The fourth-order valence-electron chi connectivity index (χ4n) is 0.864. The molecule has 0 unspecified atom stereocenters. The molecule has 1 atom stereocenters. The summed E-state index contributed by atoms with van der Waals surface area (Å²) in [5.74, 6) is -0.222. The Morgan fingerprint density at radius 3 is 2.50 bits per heavy atom. The Balaban J connectivity index is 0.00000121. The Bertz CT molecular complexity index is 265. The average molecular weight is 302 g/mol. The molecule has 1 aromatic rings. The Morgan fingerprint density at radius 1 is 1.50 bits per heavy atom. The van der Waals surface area contributed by atoms with E-state index in [4.69, 9.17) is 5.73 Å². The predicted molar refractivity (Wildman–Crippen MR) is 59.0 cm³/mol. The molecule has 0 spiro atoms. The van der Waals surface area contributed by atoms with Crippen molar-refractivity contribution in [1.29, 1.82) is 0 Å². The molecule has 0 radical (unpaired) electrons. The van der Waals surface area contributed by atoms with Crippen molar-refractivity contribution < 1.29 is 4.39 Å². The lowest BCUT2D eigenvalue weighted by Gasteiger charge is -2.06. The SMILES string of the molecule is C[C@@H](N)c1cc(I)ccc1F.Cl. The van der Waals surface area contributed by atoms with Crippen molar-refractivity contribution in [2.24, 2.45) is 5.73 Å². The van der Waals surface area contributed by atoms with Gasteiger partial charge in [0, 0.05) is 15.2 Å². The number of halogens is 3. The van der Waals surface area contributed by atoms with Crippen LogP contribution in [0.25, 0.3) is 0 Å². The van der Waals surface area contributed by atoms with E-state index in [-0.39, 0.29) is 24.3 Å². The van der Waals surface area contributed by atoms with Crippen molar-refractivity contribution in [3.8, 4) is 0 Å². The average Bonchev–Trinajstić information content (AvgIpc) is 1.94. The maximum absolute atomic E-state index is 12.9. The van der Waals surface area contributed by atoms with E-state index in [9.17, 15) is 4.39 Å². The first kappa shape index (κ1) is 12.1. The van der Waals surface area contributed by atoms with Gasteiger partial charge < -0.3 is 5.73 Å². The molecule has 1 rings (SSSR count). The third-order valence-electron chi connectivity index (χ3n) is 1.45. The van der Waals surface area contributed by atoms with Gasteiger partial charge in [0.1, 0.15) is 5.82 Å². The zero-order valence-corrected chi connectivity index (χ0v) is 9.52. The van der Waals surface area contributed by atoms with Crippen LogP contribution in [0.3, 0.4) is 0 Å². The van der Waals surface area contributed by atoms with Gasteiger partial charge >= 0.3 is 0 Å². The van der Waals surface area contributed by atoms with E-state index >= 15 is 0 Å². The zero-order valence-electron chi connectivity index (χ0n) is 6.55. The number of hydrogen-bond acceptors (Lipinski definition) is 1. The summed E-state index contributed by atoms with van der Waals surface area (Å²) in [7, 11) is 0.